The number of rotatable bonds is 3. The Balaban J connectivity index is 2.85. The van der Waals surface area contributed by atoms with Crippen LogP contribution in [0.25, 0.3) is 0 Å². The maximum atomic E-state index is 11.4. The fourth-order valence-corrected chi connectivity index (χ4v) is 1.90. The summed E-state index contributed by atoms with van der Waals surface area (Å²) in [6.45, 7) is 0. The summed E-state index contributed by atoms with van der Waals surface area (Å²) in [5.74, 6) is -1.47. The molecule has 0 bridgehead atoms. The molecule has 0 saturated heterocycles. The number of esters is 1. The standard InChI is InChI=1S/C11H16O4/c1-15-11(14)9(7-10(12)13)8-5-3-2-4-6-8/h2-7H2,1H3,(H,12,13). The minimum Gasteiger partial charge on any atom is -0.481 e. The van der Waals surface area contributed by atoms with Crippen molar-refractivity contribution in [2.45, 2.75) is 38.5 Å². The van der Waals surface area contributed by atoms with Gasteiger partial charge in [-0.2, -0.15) is 0 Å². The number of hydrogen-bond donors (Lipinski definition) is 1. The molecule has 0 heterocycles. The molecule has 0 unspecified atom stereocenters. The summed E-state index contributed by atoms with van der Waals surface area (Å²) < 4.78 is 4.61. The molecule has 15 heavy (non-hydrogen) atoms. The van der Waals surface area contributed by atoms with Crippen LogP contribution in [0.2, 0.25) is 0 Å². The van der Waals surface area contributed by atoms with Gasteiger partial charge in [0.05, 0.1) is 13.5 Å². The number of ether oxygens (including phenoxy) is 1. The van der Waals surface area contributed by atoms with E-state index in [2.05, 4.69) is 4.74 Å². The van der Waals surface area contributed by atoms with E-state index in [-0.39, 0.29) is 6.42 Å². The summed E-state index contributed by atoms with van der Waals surface area (Å²) in [7, 11) is 1.29. The third kappa shape index (κ3) is 3.38. The van der Waals surface area contributed by atoms with Crippen molar-refractivity contribution in [1.29, 1.82) is 0 Å². The van der Waals surface area contributed by atoms with Gasteiger partial charge in [0, 0.05) is 5.57 Å². The zero-order valence-corrected chi connectivity index (χ0v) is 8.91. The Bertz CT molecular complexity index is 283. The molecule has 1 aliphatic rings. The van der Waals surface area contributed by atoms with E-state index in [1.165, 1.54) is 7.11 Å². The smallest absolute Gasteiger partial charge is 0.334 e. The molecule has 0 atom stereocenters. The maximum absolute atomic E-state index is 11.4. The van der Waals surface area contributed by atoms with E-state index in [0.717, 1.165) is 37.7 Å². The second-order valence-electron chi connectivity index (χ2n) is 3.70. The first-order valence-electron chi connectivity index (χ1n) is 5.16. The van der Waals surface area contributed by atoms with Crippen molar-refractivity contribution in [2.75, 3.05) is 7.11 Å². The number of allylic oxidation sites excluding steroid dienone is 1. The van der Waals surface area contributed by atoms with Crippen molar-refractivity contribution in [3.05, 3.63) is 11.1 Å². The van der Waals surface area contributed by atoms with E-state index in [1.54, 1.807) is 0 Å². The molecule has 84 valence electrons. The lowest BCUT2D eigenvalue weighted by atomic mass is 9.90. The van der Waals surface area contributed by atoms with Gasteiger partial charge in [-0.05, 0) is 25.7 Å². The van der Waals surface area contributed by atoms with Gasteiger partial charge in [0.1, 0.15) is 0 Å². The summed E-state index contributed by atoms with van der Waals surface area (Å²) >= 11 is 0. The van der Waals surface area contributed by atoms with Crippen molar-refractivity contribution in [2.24, 2.45) is 0 Å². The molecule has 1 aliphatic carbocycles. The van der Waals surface area contributed by atoms with E-state index in [1.807, 2.05) is 0 Å². The Morgan fingerprint density at radius 3 is 2.33 bits per heavy atom. The minimum atomic E-state index is -0.978. The first kappa shape index (κ1) is 11.8. The van der Waals surface area contributed by atoms with Crippen LogP contribution < -0.4 is 0 Å². The SMILES string of the molecule is COC(=O)C(CC(=O)O)=C1CCCCC1. The summed E-state index contributed by atoms with van der Waals surface area (Å²) in [4.78, 5) is 22.0. The quantitative estimate of drug-likeness (QED) is 0.573. The van der Waals surface area contributed by atoms with Gasteiger partial charge in [-0.3, -0.25) is 4.79 Å². The molecule has 0 aromatic rings. The third-order valence-electron chi connectivity index (χ3n) is 2.64. The van der Waals surface area contributed by atoms with Gasteiger partial charge in [0.25, 0.3) is 0 Å². The fourth-order valence-electron chi connectivity index (χ4n) is 1.90. The topological polar surface area (TPSA) is 63.6 Å². The molecule has 1 N–H and O–H groups in total. The number of carboxylic acids is 1. The van der Waals surface area contributed by atoms with Gasteiger partial charge in [0.2, 0.25) is 0 Å². The Morgan fingerprint density at radius 1 is 1.27 bits per heavy atom. The second kappa shape index (κ2) is 5.53. The lowest BCUT2D eigenvalue weighted by Gasteiger charge is -2.17. The first-order valence-corrected chi connectivity index (χ1v) is 5.16. The maximum Gasteiger partial charge on any atom is 0.334 e. The van der Waals surface area contributed by atoms with Gasteiger partial charge in [-0.15, -0.1) is 0 Å². The molecule has 1 fully saturated rings. The van der Waals surface area contributed by atoms with Gasteiger partial charge in [0.15, 0.2) is 0 Å². The fraction of sp³-hybridized carbons (Fsp3) is 0.636. The number of hydrogen-bond acceptors (Lipinski definition) is 3. The molecular formula is C11H16O4. The van der Waals surface area contributed by atoms with Crippen LogP contribution >= 0.6 is 0 Å². The van der Waals surface area contributed by atoms with Crippen LogP contribution in [0.15, 0.2) is 11.1 Å². The Kier molecular flexibility index (Phi) is 4.34. The summed E-state index contributed by atoms with van der Waals surface area (Å²) in [6, 6.07) is 0. The highest BCUT2D eigenvalue weighted by molar-refractivity contribution is 5.94. The Hall–Kier alpha value is -1.32. The van der Waals surface area contributed by atoms with Gasteiger partial charge >= 0.3 is 11.9 Å². The average molecular weight is 212 g/mol. The van der Waals surface area contributed by atoms with Crippen molar-refractivity contribution < 1.29 is 19.4 Å². The van der Waals surface area contributed by atoms with Gasteiger partial charge in [-0.1, -0.05) is 12.0 Å². The molecule has 0 amide bonds. The van der Waals surface area contributed by atoms with E-state index in [0.29, 0.717) is 5.57 Å². The van der Waals surface area contributed by atoms with E-state index < -0.39 is 11.9 Å². The normalized spacial score (nSPS) is 15.9. The molecule has 0 aromatic carbocycles. The van der Waals surface area contributed by atoms with E-state index in [4.69, 9.17) is 5.11 Å². The number of aliphatic carboxylic acids is 1. The highest BCUT2D eigenvalue weighted by Crippen LogP contribution is 2.27. The lowest BCUT2D eigenvalue weighted by molar-refractivity contribution is -0.141. The third-order valence-corrected chi connectivity index (χ3v) is 2.64. The van der Waals surface area contributed by atoms with Crippen LogP contribution in [0.5, 0.6) is 0 Å². The zero-order valence-electron chi connectivity index (χ0n) is 8.91. The lowest BCUT2D eigenvalue weighted by Crippen LogP contribution is -2.13. The minimum absolute atomic E-state index is 0.220. The molecule has 1 saturated carbocycles. The zero-order chi connectivity index (χ0) is 11.3. The van der Waals surface area contributed by atoms with E-state index >= 15 is 0 Å². The molecule has 0 aliphatic heterocycles. The number of methoxy groups -OCH3 is 1. The van der Waals surface area contributed by atoms with Gasteiger partial charge in [-0.25, -0.2) is 4.79 Å². The molecule has 4 nitrogen and oxygen atoms in total. The van der Waals surface area contributed by atoms with Crippen LogP contribution in [0, 0.1) is 0 Å². The van der Waals surface area contributed by atoms with Gasteiger partial charge < -0.3 is 9.84 Å². The molecular weight excluding hydrogens is 196 g/mol. The van der Waals surface area contributed by atoms with Crippen molar-refractivity contribution >= 4 is 11.9 Å². The summed E-state index contributed by atoms with van der Waals surface area (Å²) in [5, 5.41) is 8.72. The van der Waals surface area contributed by atoms with Crippen molar-refractivity contribution in [1.82, 2.24) is 0 Å². The molecule has 0 radical (unpaired) electrons. The Labute approximate surface area is 88.9 Å². The molecule has 1 rings (SSSR count). The number of carbonyl (C=O) groups is 2. The van der Waals surface area contributed by atoms with Crippen LogP contribution in [-0.4, -0.2) is 24.2 Å². The molecule has 0 aromatic heterocycles. The van der Waals surface area contributed by atoms with Crippen LogP contribution in [0.4, 0.5) is 0 Å². The van der Waals surface area contributed by atoms with Crippen molar-refractivity contribution in [3.63, 3.8) is 0 Å². The predicted octanol–water partition coefficient (Wildman–Crippen LogP) is 1.89. The van der Waals surface area contributed by atoms with Crippen LogP contribution in [-0.2, 0) is 14.3 Å². The van der Waals surface area contributed by atoms with E-state index in [9.17, 15) is 9.59 Å². The number of carboxylic acid groups (broad SMARTS) is 1. The molecule has 4 heteroatoms. The number of carbonyl (C=O) groups excluding carboxylic acids is 1. The van der Waals surface area contributed by atoms with Crippen molar-refractivity contribution in [3.8, 4) is 0 Å². The van der Waals surface area contributed by atoms with Crippen LogP contribution in [0.3, 0.4) is 0 Å². The highest BCUT2D eigenvalue weighted by Gasteiger charge is 2.20. The highest BCUT2D eigenvalue weighted by atomic mass is 16.5. The average Bonchev–Trinajstić information content (AvgIpc) is 2.26. The first-order chi connectivity index (χ1) is 7.15. The summed E-state index contributed by atoms with van der Waals surface area (Å²) in [5.41, 5.74) is 1.32. The largest absolute Gasteiger partial charge is 0.481 e. The summed E-state index contributed by atoms with van der Waals surface area (Å²) in [6.07, 6.45) is 4.67. The van der Waals surface area contributed by atoms with Crippen LogP contribution in [0.1, 0.15) is 38.5 Å². The predicted molar refractivity (Wildman–Crippen MR) is 54.4 cm³/mol. The Morgan fingerprint density at radius 2 is 1.87 bits per heavy atom. The second-order valence-corrected chi connectivity index (χ2v) is 3.70. The molecule has 0 spiro atoms. The monoisotopic (exact) mass is 212 g/mol.